The fourth-order valence-electron chi connectivity index (χ4n) is 0.656. The van der Waals surface area contributed by atoms with E-state index in [1.165, 1.54) is 0 Å². The molecule has 4 N–H and O–H groups in total. The van der Waals surface area contributed by atoms with E-state index >= 15 is 0 Å². The number of hydrogen-bond donors (Lipinski definition) is 3. The minimum absolute atomic E-state index is 0.0338. The van der Waals surface area contributed by atoms with Crippen molar-refractivity contribution >= 4 is 5.91 Å². The molecule has 0 aliphatic heterocycles. The van der Waals surface area contributed by atoms with Crippen molar-refractivity contribution in [2.75, 3.05) is 6.61 Å². The smallest absolute Gasteiger partial charge is 0.236 e. The van der Waals surface area contributed by atoms with E-state index in [2.05, 4.69) is 5.32 Å². The van der Waals surface area contributed by atoms with Gasteiger partial charge in [0.2, 0.25) is 5.91 Å². The van der Waals surface area contributed by atoms with E-state index < -0.39 is 6.04 Å². The van der Waals surface area contributed by atoms with Gasteiger partial charge in [-0.15, -0.1) is 0 Å². The highest BCUT2D eigenvalue weighted by Crippen LogP contribution is 2.00. The molecule has 0 aromatic heterocycles. The highest BCUT2D eigenvalue weighted by molar-refractivity contribution is 5.81. The minimum atomic E-state index is -0.488. The van der Waals surface area contributed by atoms with Gasteiger partial charge in [-0.25, -0.2) is 0 Å². The molecule has 0 saturated carbocycles. The van der Waals surface area contributed by atoms with Crippen LogP contribution in [0.3, 0.4) is 0 Å². The Morgan fingerprint density at radius 2 is 2.00 bits per heavy atom. The number of rotatable bonds is 4. The largest absolute Gasteiger partial charge is 0.396 e. The fourth-order valence-corrected chi connectivity index (χ4v) is 0.656. The topological polar surface area (TPSA) is 75.3 Å². The maximum atomic E-state index is 11.1. The second kappa shape index (κ2) is 5.11. The zero-order valence-corrected chi connectivity index (χ0v) is 7.87. The second-order valence-electron chi connectivity index (χ2n) is 3.25. The van der Waals surface area contributed by atoms with E-state index in [0.717, 1.165) is 0 Å². The van der Waals surface area contributed by atoms with Gasteiger partial charge in [0.15, 0.2) is 0 Å². The fraction of sp³-hybridized carbons (Fsp3) is 0.875. The van der Waals surface area contributed by atoms with E-state index in [-0.39, 0.29) is 24.5 Å². The second-order valence-corrected chi connectivity index (χ2v) is 3.25. The van der Waals surface area contributed by atoms with Gasteiger partial charge in [0.05, 0.1) is 6.04 Å². The van der Waals surface area contributed by atoms with Crippen LogP contribution in [0.4, 0.5) is 0 Å². The lowest BCUT2D eigenvalue weighted by atomic mass is 10.1. The molecular formula is C8H18N2O2. The van der Waals surface area contributed by atoms with Crippen LogP contribution in [-0.2, 0) is 4.79 Å². The molecule has 0 rings (SSSR count). The van der Waals surface area contributed by atoms with Crippen molar-refractivity contribution in [1.29, 1.82) is 0 Å². The van der Waals surface area contributed by atoms with Crippen LogP contribution in [0, 0.1) is 5.92 Å². The molecule has 0 bridgehead atoms. The van der Waals surface area contributed by atoms with Gasteiger partial charge < -0.3 is 16.2 Å². The first-order valence-electron chi connectivity index (χ1n) is 4.15. The van der Waals surface area contributed by atoms with Gasteiger partial charge >= 0.3 is 0 Å². The molecule has 0 saturated heterocycles. The van der Waals surface area contributed by atoms with Crippen molar-refractivity contribution in [3.63, 3.8) is 0 Å². The van der Waals surface area contributed by atoms with Gasteiger partial charge in [-0.1, -0.05) is 6.92 Å². The Balaban J connectivity index is 3.83. The minimum Gasteiger partial charge on any atom is -0.396 e. The van der Waals surface area contributed by atoms with E-state index in [9.17, 15) is 4.79 Å². The maximum Gasteiger partial charge on any atom is 0.236 e. The van der Waals surface area contributed by atoms with Crippen LogP contribution in [0.2, 0.25) is 0 Å². The number of aliphatic hydroxyl groups excluding tert-OH is 1. The predicted molar refractivity (Wildman–Crippen MR) is 47.5 cm³/mol. The predicted octanol–water partition coefficient (Wildman–Crippen LogP) is -0.533. The van der Waals surface area contributed by atoms with Crippen molar-refractivity contribution in [2.24, 2.45) is 11.7 Å². The molecule has 3 atom stereocenters. The highest BCUT2D eigenvalue weighted by Gasteiger charge is 2.15. The Morgan fingerprint density at radius 1 is 1.50 bits per heavy atom. The maximum absolute atomic E-state index is 11.1. The summed E-state index contributed by atoms with van der Waals surface area (Å²) in [4.78, 5) is 11.1. The van der Waals surface area contributed by atoms with Crippen LogP contribution in [0.25, 0.3) is 0 Å². The van der Waals surface area contributed by atoms with Gasteiger partial charge in [-0.2, -0.15) is 0 Å². The summed E-state index contributed by atoms with van der Waals surface area (Å²) in [5, 5.41) is 11.5. The highest BCUT2D eigenvalue weighted by atomic mass is 16.3. The zero-order chi connectivity index (χ0) is 9.72. The molecule has 0 aromatic rings. The Morgan fingerprint density at radius 3 is 2.33 bits per heavy atom. The van der Waals surface area contributed by atoms with Gasteiger partial charge in [0.1, 0.15) is 0 Å². The van der Waals surface area contributed by atoms with Gasteiger partial charge in [-0.3, -0.25) is 4.79 Å². The molecule has 0 aliphatic rings. The molecular weight excluding hydrogens is 156 g/mol. The Labute approximate surface area is 73.1 Å². The lowest BCUT2D eigenvalue weighted by molar-refractivity contribution is -0.123. The number of hydrogen-bond acceptors (Lipinski definition) is 3. The average Bonchev–Trinajstić information content (AvgIpc) is 2.02. The van der Waals surface area contributed by atoms with Gasteiger partial charge in [0, 0.05) is 12.6 Å². The molecule has 1 amide bonds. The summed E-state index contributed by atoms with van der Waals surface area (Å²) in [6.07, 6.45) is 0. The molecule has 0 aromatic carbocycles. The molecule has 0 spiro atoms. The number of aliphatic hydroxyl groups is 1. The van der Waals surface area contributed by atoms with E-state index in [4.69, 9.17) is 10.8 Å². The van der Waals surface area contributed by atoms with Crippen molar-refractivity contribution in [2.45, 2.75) is 32.9 Å². The number of nitrogens with one attached hydrogen (secondary N) is 1. The Hall–Kier alpha value is -0.610. The summed E-state index contributed by atoms with van der Waals surface area (Å²) >= 11 is 0. The summed E-state index contributed by atoms with van der Waals surface area (Å²) < 4.78 is 0. The summed E-state index contributed by atoms with van der Waals surface area (Å²) in [7, 11) is 0. The number of carbonyl (C=O) groups is 1. The first-order chi connectivity index (χ1) is 5.49. The number of carbonyl (C=O) groups excluding carboxylic acids is 1. The van der Waals surface area contributed by atoms with Gasteiger partial charge in [0.25, 0.3) is 0 Å². The first kappa shape index (κ1) is 11.4. The molecule has 0 radical (unpaired) electrons. The summed E-state index contributed by atoms with van der Waals surface area (Å²) in [5.74, 6) is -0.115. The van der Waals surface area contributed by atoms with Crippen molar-refractivity contribution in [1.82, 2.24) is 5.32 Å². The Kier molecular flexibility index (Phi) is 4.85. The van der Waals surface area contributed by atoms with Crippen molar-refractivity contribution < 1.29 is 9.90 Å². The Bertz CT molecular complexity index is 148. The molecule has 0 aliphatic carbocycles. The van der Waals surface area contributed by atoms with Crippen LogP contribution in [0.5, 0.6) is 0 Å². The SMILES string of the molecule is CC(CO)C(C)NC(=O)[C@H](C)N. The first-order valence-corrected chi connectivity index (χ1v) is 4.15. The molecule has 4 heteroatoms. The van der Waals surface area contributed by atoms with Crippen LogP contribution < -0.4 is 11.1 Å². The molecule has 12 heavy (non-hydrogen) atoms. The molecule has 2 unspecified atom stereocenters. The van der Waals surface area contributed by atoms with E-state index in [1.54, 1.807) is 6.92 Å². The van der Waals surface area contributed by atoms with Crippen LogP contribution in [-0.4, -0.2) is 29.7 Å². The molecule has 0 heterocycles. The molecule has 0 fully saturated rings. The molecule has 72 valence electrons. The third-order valence-electron chi connectivity index (χ3n) is 1.93. The monoisotopic (exact) mass is 174 g/mol. The lowest BCUT2D eigenvalue weighted by Crippen LogP contribution is -2.45. The third kappa shape index (κ3) is 3.69. The third-order valence-corrected chi connectivity index (χ3v) is 1.93. The van der Waals surface area contributed by atoms with Crippen molar-refractivity contribution in [3.8, 4) is 0 Å². The number of amides is 1. The summed E-state index contributed by atoms with van der Waals surface area (Å²) in [5.41, 5.74) is 5.35. The number of nitrogens with two attached hydrogens (primary N) is 1. The van der Waals surface area contributed by atoms with E-state index in [1.807, 2.05) is 13.8 Å². The van der Waals surface area contributed by atoms with Crippen LogP contribution in [0.1, 0.15) is 20.8 Å². The van der Waals surface area contributed by atoms with Gasteiger partial charge in [-0.05, 0) is 19.8 Å². The zero-order valence-electron chi connectivity index (χ0n) is 7.87. The quantitative estimate of drug-likeness (QED) is 0.536. The van der Waals surface area contributed by atoms with Crippen molar-refractivity contribution in [3.05, 3.63) is 0 Å². The lowest BCUT2D eigenvalue weighted by Gasteiger charge is -2.20. The standard InChI is InChI=1S/C8H18N2O2/c1-5(4-11)7(3)10-8(12)6(2)9/h5-7,11H,4,9H2,1-3H3,(H,10,12)/t5?,6-,7?/m0/s1. The summed E-state index contributed by atoms with van der Waals surface area (Å²) in [6.45, 7) is 5.42. The normalized spacial score (nSPS) is 18.1. The molecule has 4 nitrogen and oxygen atoms in total. The van der Waals surface area contributed by atoms with Crippen LogP contribution >= 0.6 is 0 Å². The summed E-state index contributed by atoms with van der Waals surface area (Å²) in [6, 6.07) is -0.521. The average molecular weight is 174 g/mol. The van der Waals surface area contributed by atoms with E-state index in [0.29, 0.717) is 0 Å². The van der Waals surface area contributed by atoms with Crippen LogP contribution in [0.15, 0.2) is 0 Å².